The molecule has 6 nitrogen and oxygen atoms in total. The van der Waals surface area contributed by atoms with E-state index in [1.807, 2.05) is 41.2 Å². The summed E-state index contributed by atoms with van der Waals surface area (Å²) in [5.74, 6) is -0.127. The molecule has 0 aliphatic carbocycles. The molecular formula is C16H19N3O3S. The second-order valence-electron chi connectivity index (χ2n) is 5.55. The smallest absolute Gasteiger partial charge is 0.253 e. The number of rotatable bonds is 4. The first-order valence-electron chi connectivity index (χ1n) is 7.46. The summed E-state index contributed by atoms with van der Waals surface area (Å²) in [5, 5.41) is -0.532. The zero-order chi connectivity index (χ0) is 16.4. The number of benzene rings is 1. The highest BCUT2D eigenvalue weighted by molar-refractivity contribution is 7.90. The molecule has 1 amide bonds. The summed E-state index contributed by atoms with van der Waals surface area (Å²) in [4.78, 5) is 14.1. The number of nitrogens with zero attached hydrogens (tertiary/aromatic N) is 2. The van der Waals surface area contributed by atoms with Crippen molar-refractivity contribution >= 4 is 15.9 Å². The van der Waals surface area contributed by atoms with E-state index < -0.39 is 15.3 Å². The predicted octanol–water partition coefficient (Wildman–Crippen LogP) is 1.24. The van der Waals surface area contributed by atoms with Gasteiger partial charge in [-0.1, -0.05) is 0 Å². The third kappa shape index (κ3) is 3.16. The number of hydrogen-bond donors (Lipinski definition) is 1. The van der Waals surface area contributed by atoms with Crippen molar-refractivity contribution < 1.29 is 13.2 Å². The van der Waals surface area contributed by atoms with E-state index in [2.05, 4.69) is 4.72 Å². The average molecular weight is 333 g/mol. The van der Waals surface area contributed by atoms with Crippen molar-refractivity contribution in [2.75, 3.05) is 20.1 Å². The number of nitrogens with one attached hydrogen (secondary N) is 1. The minimum absolute atomic E-state index is 0.127. The van der Waals surface area contributed by atoms with Crippen molar-refractivity contribution in [3.8, 4) is 5.69 Å². The molecule has 1 aromatic heterocycles. The van der Waals surface area contributed by atoms with Gasteiger partial charge in [-0.3, -0.25) is 4.79 Å². The Morgan fingerprint density at radius 3 is 2.43 bits per heavy atom. The molecule has 2 aromatic rings. The van der Waals surface area contributed by atoms with Crippen LogP contribution in [0.1, 0.15) is 16.8 Å². The molecule has 0 spiro atoms. The molecule has 1 aromatic carbocycles. The van der Waals surface area contributed by atoms with Gasteiger partial charge >= 0.3 is 0 Å². The number of carbonyl (C=O) groups excluding carboxylic acids is 1. The van der Waals surface area contributed by atoms with Gasteiger partial charge in [-0.05, 0) is 49.9 Å². The molecule has 0 saturated carbocycles. The highest BCUT2D eigenvalue weighted by Gasteiger charge is 2.34. The number of likely N-dealkylation sites (tertiary alicyclic amines) is 1. The third-order valence-corrected chi connectivity index (χ3v) is 6.00. The highest BCUT2D eigenvalue weighted by atomic mass is 32.2. The number of aromatic nitrogens is 1. The Bertz CT molecular complexity index is 782. The van der Waals surface area contributed by atoms with Crippen LogP contribution in [0.15, 0.2) is 48.8 Å². The van der Waals surface area contributed by atoms with Crippen LogP contribution in [0.2, 0.25) is 0 Å². The van der Waals surface area contributed by atoms with Gasteiger partial charge in [0.1, 0.15) is 0 Å². The highest BCUT2D eigenvalue weighted by Crippen LogP contribution is 2.19. The molecule has 1 fully saturated rings. The molecule has 122 valence electrons. The minimum atomic E-state index is -3.33. The van der Waals surface area contributed by atoms with Crippen molar-refractivity contribution in [3.05, 3.63) is 54.4 Å². The monoisotopic (exact) mass is 333 g/mol. The van der Waals surface area contributed by atoms with Crippen LogP contribution >= 0.6 is 0 Å². The topological polar surface area (TPSA) is 71.4 Å². The lowest BCUT2D eigenvalue weighted by Gasteiger charge is -2.17. The summed E-state index contributed by atoms with van der Waals surface area (Å²) in [6.45, 7) is 0.700. The van der Waals surface area contributed by atoms with Crippen LogP contribution < -0.4 is 4.72 Å². The maximum Gasteiger partial charge on any atom is 0.253 e. The summed E-state index contributed by atoms with van der Waals surface area (Å²) >= 11 is 0. The van der Waals surface area contributed by atoms with Crippen molar-refractivity contribution in [1.82, 2.24) is 14.2 Å². The fourth-order valence-electron chi connectivity index (χ4n) is 2.80. The second-order valence-corrected chi connectivity index (χ2v) is 7.71. The summed E-state index contributed by atoms with van der Waals surface area (Å²) in [6, 6.07) is 11.2. The second kappa shape index (κ2) is 6.17. The van der Waals surface area contributed by atoms with Crippen LogP contribution in [0.5, 0.6) is 0 Å². The van der Waals surface area contributed by atoms with Gasteiger partial charge in [-0.2, -0.15) is 0 Å². The molecule has 0 radical (unpaired) electrons. The van der Waals surface area contributed by atoms with Crippen molar-refractivity contribution in [3.63, 3.8) is 0 Å². The molecule has 1 unspecified atom stereocenters. The first kappa shape index (κ1) is 15.8. The molecule has 1 N–H and O–H groups in total. The van der Waals surface area contributed by atoms with E-state index >= 15 is 0 Å². The largest absolute Gasteiger partial charge is 0.337 e. The normalized spacial score (nSPS) is 18.3. The van der Waals surface area contributed by atoms with E-state index in [0.29, 0.717) is 18.5 Å². The molecule has 1 aliphatic rings. The Balaban J connectivity index is 1.72. The molecule has 1 saturated heterocycles. The predicted molar refractivity (Wildman–Crippen MR) is 88.1 cm³/mol. The maximum atomic E-state index is 12.5. The van der Waals surface area contributed by atoms with E-state index in [-0.39, 0.29) is 12.5 Å². The van der Waals surface area contributed by atoms with E-state index in [0.717, 1.165) is 5.69 Å². The van der Waals surface area contributed by atoms with Crippen LogP contribution in [0, 0.1) is 0 Å². The van der Waals surface area contributed by atoms with Crippen LogP contribution in [-0.4, -0.2) is 49.2 Å². The van der Waals surface area contributed by atoms with Crippen molar-refractivity contribution in [2.45, 2.75) is 11.7 Å². The Morgan fingerprint density at radius 2 is 1.83 bits per heavy atom. The molecule has 7 heteroatoms. The third-order valence-electron chi connectivity index (χ3n) is 4.17. The van der Waals surface area contributed by atoms with Crippen LogP contribution in [-0.2, 0) is 10.0 Å². The number of sulfonamides is 1. The molecule has 0 bridgehead atoms. The quantitative estimate of drug-likeness (QED) is 0.915. The van der Waals surface area contributed by atoms with Gasteiger partial charge < -0.3 is 9.47 Å². The Labute approximate surface area is 135 Å². The van der Waals surface area contributed by atoms with Gasteiger partial charge in [0.05, 0.1) is 5.25 Å². The lowest BCUT2D eigenvalue weighted by molar-refractivity contribution is 0.0793. The Kier molecular flexibility index (Phi) is 4.23. The number of hydrogen-bond acceptors (Lipinski definition) is 3. The Hall–Kier alpha value is -2.12. The molecule has 3 rings (SSSR count). The summed E-state index contributed by atoms with van der Waals surface area (Å²) in [7, 11) is -1.93. The molecule has 23 heavy (non-hydrogen) atoms. The van der Waals surface area contributed by atoms with Crippen LogP contribution in [0.25, 0.3) is 5.69 Å². The SMILES string of the molecule is CNS(=O)(=O)C1CCN(C(=O)c2ccc(-n3cccc3)cc2)C1. The van der Waals surface area contributed by atoms with E-state index in [4.69, 9.17) is 0 Å². The van der Waals surface area contributed by atoms with Crippen molar-refractivity contribution in [2.24, 2.45) is 0 Å². The summed E-state index contributed by atoms with van der Waals surface area (Å²) in [5.41, 5.74) is 1.55. The standard InChI is InChI=1S/C16H19N3O3S/c1-17-23(21,22)15-8-11-19(12-15)16(20)13-4-6-14(7-5-13)18-9-2-3-10-18/h2-7,9-10,15,17H,8,11-12H2,1H3. The lowest BCUT2D eigenvalue weighted by atomic mass is 10.2. The average Bonchev–Trinajstić information content (AvgIpc) is 3.26. The number of amides is 1. The van der Waals surface area contributed by atoms with Gasteiger partial charge in [0.2, 0.25) is 10.0 Å². The minimum Gasteiger partial charge on any atom is -0.337 e. The van der Waals surface area contributed by atoms with E-state index in [9.17, 15) is 13.2 Å². The zero-order valence-corrected chi connectivity index (χ0v) is 13.7. The summed E-state index contributed by atoms with van der Waals surface area (Å²) in [6.07, 6.45) is 4.34. The van der Waals surface area contributed by atoms with Crippen LogP contribution in [0.3, 0.4) is 0 Å². The van der Waals surface area contributed by atoms with Crippen LogP contribution in [0.4, 0.5) is 0 Å². The fraction of sp³-hybridized carbons (Fsp3) is 0.312. The fourth-order valence-corrected chi connectivity index (χ4v) is 3.92. The van der Waals surface area contributed by atoms with Gasteiger partial charge in [-0.25, -0.2) is 13.1 Å². The number of carbonyl (C=O) groups is 1. The van der Waals surface area contributed by atoms with Gasteiger partial charge in [-0.15, -0.1) is 0 Å². The first-order valence-corrected chi connectivity index (χ1v) is 9.01. The van der Waals surface area contributed by atoms with Gasteiger partial charge in [0, 0.05) is 36.7 Å². The lowest BCUT2D eigenvalue weighted by Crippen LogP contribution is -2.36. The maximum absolute atomic E-state index is 12.5. The Morgan fingerprint density at radius 1 is 1.17 bits per heavy atom. The first-order chi connectivity index (χ1) is 11.0. The van der Waals surface area contributed by atoms with Gasteiger partial charge in [0.15, 0.2) is 0 Å². The van der Waals surface area contributed by atoms with Gasteiger partial charge in [0.25, 0.3) is 5.91 Å². The molecule has 2 heterocycles. The van der Waals surface area contributed by atoms with E-state index in [1.165, 1.54) is 7.05 Å². The molecular weight excluding hydrogens is 314 g/mol. The molecule has 1 atom stereocenters. The zero-order valence-electron chi connectivity index (χ0n) is 12.8. The van der Waals surface area contributed by atoms with Crippen molar-refractivity contribution in [1.29, 1.82) is 0 Å². The summed E-state index contributed by atoms with van der Waals surface area (Å²) < 4.78 is 28.0. The molecule has 1 aliphatic heterocycles. The van der Waals surface area contributed by atoms with E-state index in [1.54, 1.807) is 17.0 Å².